The average molecular weight is 254 g/mol. The lowest BCUT2D eigenvalue weighted by atomic mass is 9.91. The van der Waals surface area contributed by atoms with Crippen molar-refractivity contribution in [3.63, 3.8) is 0 Å². The summed E-state index contributed by atoms with van der Waals surface area (Å²) in [4.78, 5) is 4.07. The van der Waals surface area contributed by atoms with E-state index < -0.39 is 9.84 Å². The number of rotatable bonds is 2. The number of aromatic nitrogens is 1. The molecule has 1 aromatic rings. The van der Waals surface area contributed by atoms with E-state index >= 15 is 0 Å². The second-order valence-corrected chi connectivity index (χ2v) is 7.04. The summed E-state index contributed by atoms with van der Waals surface area (Å²) in [5, 5.41) is -0.275. The van der Waals surface area contributed by atoms with Crippen LogP contribution in [-0.2, 0) is 9.84 Å². The van der Waals surface area contributed by atoms with Gasteiger partial charge in [0.15, 0.2) is 9.84 Å². The monoisotopic (exact) mass is 254 g/mol. The summed E-state index contributed by atoms with van der Waals surface area (Å²) in [5.74, 6) is 0.635. The predicted octanol–water partition coefficient (Wildman–Crippen LogP) is 2.02. The molecule has 17 heavy (non-hydrogen) atoms. The van der Waals surface area contributed by atoms with Gasteiger partial charge in [0.05, 0.1) is 22.0 Å². The summed E-state index contributed by atoms with van der Waals surface area (Å²) in [6.07, 6.45) is 6.33. The van der Waals surface area contributed by atoms with Crippen molar-refractivity contribution in [3.8, 4) is 0 Å². The van der Waals surface area contributed by atoms with Crippen LogP contribution in [0.15, 0.2) is 23.4 Å². The van der Waals surface area contributed by atoms with E-state index in [0.29, 0.717) is 5.92 Å². The number of hydrogen-bond donors (Lipinski definition) is 1. The molecule has 0 saturated heterocycles. The Balaban J connectivity index is 2.28. The minimum atomic E-state index is -3.28. The Hall–Kier alpha value is -1.10. The Morgan fingerprint density at radius 3 is 2.53 bits per heavy atom. The molecule has 0 bridgehead atoms. The first-order valence-electron chi connectivity index (χ1n) is 5.95. The van der Waals surface area contributed by atoms with E-state index in [1.165, 1.54) is 18.5 Å². The summed E-state index contributed by atoms with van der Waals surface area (Å²) in [5.41, 5.74) is 5.95. The van der Waals surface area contributed by atoms with Crippen LogP contribution in [0.2, 0.25) is 0 Å². The zero-order chi connectivity index (χ0) is 12.5. The Morgan fingerprint density at radius 2 is 1.94 bits per heavy atom. The molecule has 0 amide bonds. The van der Waals surface area contributed by atoms with Gasteiger partial charge < -0.3 is 5.73 Å². The van der Waals surface area contributed by atoms with Gasteiger partial charge in [-0.2, -0.15) is 0 Å². The maximum absolute atomic E-state index is 12.4. The van der Waals surface area contributed by atoms with Gasteiger partial charge in [-0.15, -0.1) is 0 Å². The smallest absolute Gasteiger partial charge is 0.183 e. The van der Waals surface area contributed by atoms with Crippen LogP contribution in [0.3, 0.4) is 0 Å². The summed E-state index contributed by atoms with van der Waals surface area (Å²) in [6.45, 7) is 2.17. The maximum atomic E-state index is 12.4. The lowest BCUT2D eigenvalue weighted by Crippen LogP contribution is -2.27. The SMILES string of the molecule is CC1CCC(S(=O)(=O)c2ccncc2N)CC1. The van der Waals surface area contributed by atoms with Crippen LogP contribution in [0, 0.1) is 5.92 Å². The number of nitrogens with zero attached hydrogens (tertiary/aromatic N) is 1. The van der Waals surface area contributed by atoms with Crippen molar-refractivity contribution in [2.24, 2.45) is 5.92 Å². The standard InChI is InChI=1S/C12H18N2O2S/c1-9-2-4-10(5-3-9)17(15,16)12-6-7-14-8-11(12)13/h6-10H,2-5,13H2,1H3. The van der Waals surface area contributed by atoms with Crippen LogP contribution in [0.25, 0.3) is 0 Å². The minimum Gasteiger partial charge on any atom is -0.396 e. The van der Waals surface area contributed by atoms with E-state index in [1.807, 2.05) is 0 Å². The molecule has 1 heterocycles. The van der Waals surface area contributed by atoms with E-state index in [2.05, 4.69) is 11.9 Å². The number of hydrogen-bond acceptors (Lipinski definition) is 4. The second-order valence-electron chi connectivity index (χ2n) is 4.84. The van der Waals surface area contributed by atoms with Crippen LogP contribution in [0.1, 0.15) is 32.6 Å². The molecule has 0 spiro atoms. The van der Waals surface area contributed by atoms with Crippen LogP contribution in [0.5, 0.6) is 0 Å². The van der Waals surface area contributed by atoms with Crippen LogP contribution in [-0.4, -0.2) is 18.7 Å². The molecule has 2 rings (SSSR count). The van der Waals surface area contributed by atoms with Gasteiger partial charge in [-0.05, 0) is 37.7 Å². The van der Waals surface area contributed by atoms with E-state index in [9.17, 15) is 8.42 Å². The van der Waals surface area contributed by atoms with Crippen molar-refractivity contribution in [1.82, 2.24) is 4.98 Å². The fourth-order valence-corrected chi connectivity index (χ4v) is 4.26. The molecular formula is C12H18N2O2S. The zero-order valence-electron chi connectivity index (χ0n) is 9.96. The third-order valence-electron chi connectivity index (χ3n) is 3.52. The fraction of sp³-hybridized carbons (Fsp3) is 0.583. The maximum Gasteiger partial charge on any atom is 0.183 e. The topological polar surface area (TPSA) is 73.0 Å². The molecule has 1 saturated carbocycles. The number of nitrogen functional groups attached to an aromatic ring is 1. The fourth-order valence-electron chi connectivity index (χ4n) is 2.37. The van der Waals surface area contributed by atoms with E-state index in [-0.39, 0.29) is 15.8 Å². The highest BCUT2D eigenvalue weighted by molar-refractivity contribution is 7.92. The normalized spacial score (nSPS) is 25.7. The third kappa shape index (κ3) is 2.44. The molecule has 4 nitrogen and oxygen atoms in total. The molecule has 0 atom stereocenters. The highest BCUT2D eigenvalue weighted by atomic mass is 32.2. The molecule has 0 aromatic carbocycles. The average Bonchev–Trinajstić information content (AvgIpc) is 2.30. The number of sulfone groups is 1. The predicted molar refractivity (Wildman–Crippen MR) is 67.3 cm³/mol. The van der Waals surface area contributed by atoms with Gasteiger partial charge >= 0.3 is 0 Å². The van der Waals surface area contributed by atoms with Crippen LogP contribution >= 0.6 is 0 Å². The Labute approximate surface area is 102 Å². The first kappa shape index (κ1) is 12.4. The van der Waals surface area contributed by atoms with Crippen molar-refractivity contribution in [2.45, 2.75) is 42.8 Å². The second kappa shape index (κ2) is 4.64. The lowest BCUT2D eigenvalue weighted by Gasteiger charge is -2.26. The number of anilines is 1. The van der Waals surface area contributed by atoms with Gasteiger partial charge in [0.25, 0.3) is 0 Å². The molecule has 5 heteroatoms. The van der Waals surface area contributed by atoms with E-state index in [1.54, 1.807) is 0 Å². The molecule has 94 valence electrons. The lowest BCUT2D eigenvalue weighted by molar-refractivity contribution is 0.382. The molecule has 0 unspecified atom stereocenters. The Kier molecular flexibility index (Phi) is 3.38. The van der Waals surface area contributed by atoms with E-state index in [0.717, 1.165) is 25.7 Å². The Morgan fingerprint density at radius 1 is 1.29 bits per heavy atom. The summed E-state index contributed by atoms with van der Waals surface area (Å²) >= 11 is 0. The summed E-state index contributed by atoms with van der Waals surface area (Å²) < 4.78 is 24.8. The minimum absolute atomic E-state index is 0.243. The molecular weight excluding hydrogens is 236 g/mol. The van der Waals surface area contributed by atoms with Crippen molar-refractivity contribution < 1.29 is 8.42 Å². The van der Waals surface area contributed by atoms with Gasteiger partial charge in [0.2, 0.25) is 0 Å². The largest absolute Gasteiger partial charge is 0.396 e. The number of pyridine rings is 1. The zero-order valence-corrected chi connectivity index (χ0v) is 10.8. The molecule has 0 aliphatic heterocycles. The van der Waals surface area contributed by atoms with Crippen molar-refractivity contribution in [1.29, 1.82) is 0 Å². The first-order chi connectivity index (χ1) is 8.01. The highest BCUT2D eigenvalue weighted by Crippen LogP contribution is 2.32. The van der Waals surface area contributed by atoms with Gasteiger partial charge in [-0.25, -0.2) is 8.42 Å². The van der Waals surface area contributed by atoms with Gasteiger partial charge in [-0.1, -0.05) is 6.92 Å². The molecule has 1 aliphatic rings. The summed E-state index contributed by atoms with van der Waals surface area (Å²) in [6, 6.07) is 1.50. The van der Waals surface area contributed by atoms with Crippen LogP contribution in [0.4, 0.5) is 5.69 Å². The molecule has 1 fully saturated rings. The van der Waals surface area contributed by atoms with Crippen molar-refractivity contribution in [3.05, 3.63) is 18.5 Å². The third-order valence-corrected chi connectivity index (χ3v) is 5.85. The highest BCUT2D eigenvalue weighted by Gasteiger charge is 2.31. The van der Waals surface area contributed by atoms with Gasteiger partial charge in [-0.3, -0.25) is 4.98 Å². The molecule has 2 N–H and O–H groups in total. The summed E-state index contributed by atoms with van der Waals surface area (Å²) in [7, 11) is -3.28. The quantitative estimate of drug-likeness (QED) is 0.876. The van der Waals surface area contributed by atoms with Crippen molar-refractivity contribution >= 4 is 15.5 Å². The number of nitrogens with two attached hydrogens (primary N) is 1. The van der Waals surface area contributed by atoms with E-state index in [4.69, 9.17) is 5.73 Å². The van der Waals surface area contributed by atoms with Gasteiger partial charge in [0.1, 0.15) is 0 Å². The molecule has 1 aromatic heterocycles. The Bertz CT molecular complexity index is 491. The molecule has 0 radical (unpaired) electrons. The van der Waals surface area contributed by atoms with Crippen molar-refractivity contribution in [2.75, 3.05) is 5.73 Å². The molecule has 1 aliphatic carbocycles. The van der Waals surface area contributed by atoms with Gasteiger partial charge in [0, 0.05) is 6.20 Å². The van der Waals surface area contributed by atoms with Crippen LogP contribution < -0.4 is 5.73 Å². The first-order valence-corrected chi connectivity index (χ1v) is 7.50.